The van der Waals surface area contributed by atoms with Crippen molar-refractivity contribution in [3.63, 3.8) is 0 Å². The Morgan fingerprint density at radius 3 is 2.36 bits per heavy atom. The van der Waals surface area contributed by atoms with E-state index in [1.54, 1.807) is 5.38 Å². The Balaban J connectivity index is 1.87. The second-order valence-electron chi connectivity index (χ2n) is 6.74. The Bertz CT molecular complexity index is 1420. The molecule has 0 saturated heterocycles. The zero-order chi connectivity index (χ0) is 23.8. The smallest absolute Gasteiger partial charge is 0.416 e. The van der Waals surface area contributed by atoms with Crippen LogP contribution in [-0.4, -0.2) is 32.6 Å². The largest absolute Gasteiger partial charge is 0.496 e. The highest BCUT2D eigenvalue weighted by Gasteiger charge is 2.31. The van der Waals surface area contributed by atoms with Crippen LogP contribution in [-0.2, 0) is 16.2 Å². The van der Waals surface area contributed by atoms with Crippen molar-refractivity contribution in [2.75, 3.05) is 18.9 Å². The molecular formula is C21H16F3N3O4S2. The maximum absolute atomic E-state index is 13.1. The summed E-state index contributed by atoms with van der Waals surface area (Å²) in [7, 11) is -1.27. The van der Waals surface area contributed by atoms with Gasteiger partial charge >= 0.3 is 6.18 Å². The van der Waals surface area contributed by atoms with E-state index in [-0.39, 0.29) is 15.8 Å². The van der Waals surface area contributed by atoms with Gasteiger partial charge in [0.2, 0.25) is 0 Å². The summed E-state index contributed by atoms with van der Waals surface area (Å²) in [5.74, 6) is 0.275. The average molecular weight is 496 g/mol. The molecule has 172 valence electrons. The number of hydrogen-bond donors (Lipinski definition) is 1. The first-order chi connectivity index (χ1) is 15.6. The van der Waals surface area contributed by atoms with E-state index >= 15 is 0 Å². The van der Waals surface area contributed by atoms with Gasteiger partial charge in [0.15, 0.2) is 5.13 Å². The molecule has 0 bridgehead atoms. The number of pyridine rings is 1. The molecule has 4 aromatic rings. The van der Waals surface area contributed by atoms with Crippen molar-refractivity contribution >= 4 is 37.3 Å². The number of alkyl halides is 3. The normalized spacial score (nSPS) is 12.0. The lowest BCUT2D eigenvalue weighted by Crippen LogP contribution is -2.12. The molecule has 12 heteroatoms. The Morgan fingerprint density at radius 2 is 1.73 bits per heavy atom. The number of methoxy groups -OCH3 is 2. The van der Waals surface area contributed by atoms with E-state index in [4.69, 9.17) is 9.47 Å². The monoisotopic (exact) mass is 495 g/mol. The van der Waals surface area contributed by atoms with E-state index in [1.807, 2.05) is 0 Å². The summed E-state index contributed by atoms with van der Waals surface area (Å²) in [5.41, 5.74) is -0.231. The van der Waals surface area contributed by atoms with Gasteiger partial charge in [-0.05, 0) is 30.3 Å². The van der Waals surface area contributed by atoms with Crippen LogP contribution in [0.1, 0.15) is 5.56 Å². The highest BCUT2D eigenvalue weighted by atomic mass is 32.2. The van der Waals surface area contributed by atoms with Gasteiger partial charge < -0.3 is 9.47 Å². The van der Waals surface area contributed by atoms with Crippen LogP contribution < -0.4 is 14.2 Å². The van der Waals surface area contributed by atoms with Crippen molar-refractivity contribution in [2.24, 2.45) is 0 Å². The molecule has 7 nitrogen and oxygen atoms in total. The molecule has 2 aromatic carbocycles. The van der Waals surface area contributed by atoms with Crippen LogP contribution in [0.25, 0.3) is 22.0 Å². The number of halogens is 3. The summed E-state index contributed by atoms with van der Waals surface area (Å²) in [6.45, 7) is 0. The third-order valence-electron chi connectivity index (χ3n) is 4.79. The van der Waals surface area contributed by atoms with Gasteiger partial charge in [-0.1, -0.05) is 6.07 Å². The summed E-state index contributed by atoms with van der Waals surface area (Å²) in [6.07, 6.45) is -1.68. The summed E-state index contributed by atoms with van der Waals surface area (Å²) in [4.78, 5) is 8.22. The van der Waals surface area contributed by atoms with Crippen LogP contribution in [0.2, 0.25) is 0 Å². The first kappa shape index (κ1) is 22.8. The third kappa shape index (κ3) is 4.44. The number of sulfonamides is 1. The molecule has 0 spiro atoms. The van der Waals surface area contributed by atoms with E-state index in [0.29, 0.717) is 27.8 Å². The molecule has 33 heavy (non-hydrogen) atoms. The Kier molecular flexibility index (Phi) is 5.89. The van der Waals surface area contributed by atoms with E-state index in [1.165, 1.54) is 50.9 Å². The van der Waals surface area contributed by atoms with Gasteiger partial charge in [-0.15, -0.1) is 11.3 Å². The van der Waals surface area contributed by atoms with E-state index < -0.39 is 21.8 Å². The molecule has 0 unspecified atom stereocenters. The predicted octanol–water partition coefficient (Wildman–Crippen LogP) is 5.20. The lowest BCUT2D eigenvalue weighted by Gasteiger charge is -2.15. The SMILES string of the molecule is COc1cc(C(F)(F)F)ccc1-c1ncc(OC)c2cc(S(=O)(=O)Nc3nccs3)ccc12. The second kappa shape index (κ2) is 8.52. The van der Waals surface area contributed by atoms with E-state index in [9.17, 15) is 21.6 Å². The van der Waals surface area contributed by atoms with Crippen molar-refractivity contribution in [1.29, 1.82) is 0 Å². The van der Waals surface area contributed by atoms with Gasteiger partial charge in [0, 0.05) is 27.9 Å². The van der Waals surface area contributed by atoms with Gasteiger partial charge in [0.05, 0.1) is 36.6 Å². The van der Waals surface area contributed by atoms with Crippen LogP contribution in [0, 0.1) is 0 Å². The fourth-order valence-corrected chi connectivity index (χ4v) is 5.07. The van der Waals surface area contributed by atoms with Crippen LogP contribution in [0.15, 0.2) is 59.1 Å². The molecule has 0 fully saturated rings. The molecule has 1 N–H and O–H groups in total. The number of rotatable bonds is 6. The van der Waals surface area contributed by atoms with Gasteiger partial charge in [-0.25, -0.2) is 13.4 Å². The molecule has 2 heterocycles. The fraction of sp³-hybridized carbons (Fsp3) is 0.143. The second-order valence-corrected chi connectivity index (χ2v) is 9.32. The van der Waals surface area contributed by atoms with Crippen LogP contribution >= 0.6 is 11.3 Å². The van der Waals surface area contributed by atoms with Crippen LogP contribution in [0.3, 0.4) is 0 Å². The number of thiazole rings is 1. The maximum atomic E-state index is 13.1. The molecule has 0 saturated carbocycles. The summed E-state index contributed by atoms with van der Waals surface area (Å²) >= 11 is 1.13. The molecular weight excluding hydrogens is 479 g/mol. The summed E-state index contributed by atoms with van der Waals surface area (Å²) in [5, 5.41) is 2.73. The zero-order valence-electron chi connectivity index (χ0n) is 17.2. The maximum Gasteiger partial charge on any atom is 0.416 e. The lowest BCUT2D eigenvalue weighted by atomic mass is 10.0. The number of hydrogen-bond acceptors (Lipinski definition) is 7. The van der Waals surface area contributed by atoms with Crippen molar-refractivity contribution in [2.45, 2.75) is 11.1 Å². The number of benzene rings is 2. The van der Waals surface area contributed by atoms with Crippen molar-refractivity contribution in [1.82, 2.24) is 9.97 Å². The predicted molar refractivity (Wildman–Crippen MR) is 118 cm³/mol. The van der Waals surface area contributed by atoms with Crippen molar-refractivity contribution in [3.05, 3.63) is 59.7 Å². The quantitative estimate of drug-likeness (QED) is 0.396. The van der Waals surface area contributed by atoms with Crippen molar-refractivity contribution in [3.8, 4) is 22.8 Å². The molecule has 0 amide bonds. The van der Waals surface area contributed by atoms with Gasteiger partial charge in [0.25, 0.3) is 10.0 Å². The molecule has 2 aromatic heterocycles. The minimum absolute atomic E-state index is 0.0223. The van der Waals surface area contributed by atoms with Gasteiger partial charge in [-0.3, -0.25) is 9.71 Å². The first-order valence-electron chi connectivity index (χ1n) is 9.28. The molecule has 0 aliphatic carbocycles. The topological polar surface area (TPSA) is 90.4 Å². The highest BCUT2D eigenvalue weighted by Crippen LogP contribution is 2.40. The summed E-state index contributed by atoms with van der Waals surface area (Å²) < 4.78 is 77.9. The molecule has 4 rings (SSSR count). The number of fused-ring (bicyclic) bond motifs is 1. The minimum Gasteiger partial charge on any atom is -0.496 e. The Labute approximate surface area is 190 Å². The van der Waals surface area contributed by atoms with E-state index in [0.717, 1.165) is 23.5 Å². The molecule has 0 radical (unpaired) electrons. The standard InChI is InChI=1S/C21H16F3N3O4S2/c1-30-17-9-12(21(22,23)24)3-5-15(17)19-14-6-4-13(10-16(14)18(31-2)11-26-19)33(28,29)27-20-25-7-8-32-20/h3-11H,1-2H3,(H,25,27). The average Bonchev–Trinajstić information content (AvgIpc) is 3.29. The molecule has 0 atom stereocenters. The first-order valence-corrected chi connectivity index (χ1v) is 11.6. The lowest BCUT2D eigenvalue weighted by molar-refractivity contribution is -0.137. The number of ether oxygens (including phenoxy) is 2. The fourth-order valence-electron chi connectivity index (χ4n) is 3.25. The Hall–Kier alpha value is -3.38. The molecule has 0 aliphatic rings. The van der Waals surface area contributed by atoms with Gasteiger partial charge in [-0.2, -0.15) is 13.2 Å². The third-order valence-corrected chi connectivity index (χ3v) is 6.95. The number of nitrogens with one attached hydrogen (secondary N) is 1. The van der Waals surface area contributed by atoms with Crippen molar-refractivity contribution < 1.29 is 31.1 Å². The number of nitrogens with zero attached hydrogens (tertiary/aromatic N) is 2. The van der Waals surface area contributed by atoms with Crippen LogP contribution in [0.4, 0.5) is 18.3 Å². The highest BCUT2D eigenvalue weighted by molar-refractivity contribution is 7.93. The summed E-state index contributed by atoms with van der Waals surface area (Å²) in [6, 6.07) is 7.40. The minimum atomic E-state index is -4.53. The van der Waals surface area contributed by atoms with Crippen LogP contribution in [0.5, 0.6) is 11.5 Å². The van der Waals surface area contributed by atoms with Gasteiger partial charge in [0.1, 0.15) is 11.5 Å². The zero-order valence-corrected chi connectivity index (χ0v) is 18.8. The Morgan fingerprint density at radius 1 is 0.970 bits per heavy atom. The van der Waals surface area contributed by atoms with E-state index in [2.05, 4.69) is 14.7 Å². The number of anilines is 1. The molecule has 0 aliphatic heterocycles. The number of aromatic nitrogens is 2.